The van der Waals surface area contributed by atoms with Gasteiger partial charge in [0.15, 0.2) is 5.11 Å². The number of thiocarbonyl (C=S) groups is 1. The van der Waals surface area contributed by atoms with Crippen molar-refractivity contribution in [2.45, 2.75) is 13.8 Å². The highest BCUT2D eigenvalue weighted by Crippen LogP contribution is 2.27. The number of aromatic nitrogens is 1. The molecule has 1 N–H and O–H groups in total. The summed E-state index contributed by atoms with van der Waals surface area (Å²) in [5.41, 5.74) is 3.36. The highest BCUT2D eigenvalue weighted by Gasteiger charge is 2.35. The molecule has 0 atom stereocenters. The van der Waals surface area contributed by atoms with Crippen molar-refractivity contribution in [2.75, 3.05) is 4.90 Å². The van der Waals surface area contributed by atoms with Gasteiger partial charge in [-0.05, 0) is 62.0 Å². The van der Waals surface area contributed by atoms with E-state index in [1.54, 1.807) is 41.1 Å². The molecule has 3 aromatic rings. The Morgan fingerprint density at radius 2 is 1.84 bits per heavy atom. The number of hydrogen-bond donors (Lipinski definition) is 1. The molecule has 0 spiro atoms. The van der Waals surface area contributed by atoms with E-state index < -0.39 is 16.7 Å². The lowest BCUT2D eigenvalue weighted by atomic mass is 10.1. The molecule has 1 aromatic heterocycles. The van der Waals surface area contributed by atoms with Crippen molar-refractivity contribution >= 4 is 46.6 Å². The van der Waals surface area contributed by atoms with Gasteiger partial charge in [0.25, 0.3) is 17.5 Å². The van der Waals surface area contributed by atoms with Gasteiger partial charge in [-0.2, -0.15) is 0 Å². The third-order valence-corrected chi connectivity index (χ3v) is 5.37. The summed E-state index contributed by atoms with van der Waals surface area (Å²) < 4.78 is 1.66. The Bertz CT molecular complexity index is 1330. The molecule has 1 saturated heterocycles. The smallest absolute Gasteiger partial charge is 0.271 e. The standard InChI is InChI=1S/C23H18N4O4S/c1-14-8-9-20(15(2)11-14)26-22(29)19(21(28)24-23(26)32)13-17-7-4-10-25(17)16-5-3-6-18(12-16)27(30)31/h3-13H,1-2H3,(H,24,28,32)/b19-13+. The zero-order chi connectivity index (χ0) is 23.0. The minimum atomic E-state index is -0.604. The quantitative estimate of drug-likeness (QED) is 0.216. The fourth-order valence-electron chi connectivity index (χ4n) is 3.58. The van der Waals surface area contributed by atoms with Crippen LogP contribution in [0.25, 0.3) is 11.8 Å². The fourth-order valence-corrected chi connectivity index (χ4v) is 3.86. The molecule has 1 fully saturated rings. The number of aryl methyl sites for hydroxylation is 2. The number of amides is 2. The van der Waals surface area contributed by atoms with Crippen molar-refractivity contribution in [1.29, 1.82) is 0 Å². The molecule has 9 heteroatoms. The van der Waals surface area contributed by atoms with Crippen molar-refractivity contribution in [3.63, 3.8) is 0 Å². The van der Waals surface area contributed by atoms with Crippen molar-refractivity contribution in [3.8, 4) is 5.69 Å². The Morgan fingerprint density at radius 1 is 1.06 bits per heavy atom. The molecule has 4 rings (SSSR count). The van der Waals surface area contributed by atoms with Gasteiger partial charge in [0.05, 0.1) is 16.3 Å². The Balaban J connectivity index is 1.76. The number of carbonyl (C=O) groups excluding carboxylic acids is 2. The Kier molecular flexibility index (Phi) is 5.41. The molecule has 0 radical (unpaired) electrons. The number of nitro groups is 1. The van der Waals surface area contributed by atoms with Gasteiger partial charge in [0.2, 0.25) is 0 Å². The van der Waals surface area contributed by atoms with Crippen LogP contribution in [0.1, 0.15) is 16.8 Å². The van der Waals surface area contributed by atoms with Crippen LogP contribution >= 0.6 is 12.2 Å². The van der Waals surface area contributed by atoms with Crippen LogP contribution in [0.15, 0.2) is 66.4 Å². The van der Waals surface area contributed by atoms with Crippen molar-refractivity contribution in [3.05, 3.63) is 93.3 Å². The van der Waals surface area contributed by atoms with E-state index in [4.69, 9.17) is 12.2 Å². The summed E-state index contributed by atoms with van der Waals surface area (Å²) in [6.07, 6.45) is 3.15. The summed E-state index contributed by atoms with van der Waals surface area (Å²) in [6.45, 7) is 3.81. The van der Waals surface area contributed by atoms with E-state index in [1.165, 1.54) is 23.1 Å². The number of hydrogen-bond acceptors (Lipinski definition) is 5. The van der Waals surface area contributed by atoms with Crippen LogP contribution < -0.4 is 10.2 Å². The molecular formula is C23H18N4O4S. The molecule has 0 saturated carbocycles. The number of nitrogens with zero attached hydrogens (tertiary/aromatic N) is 3. The third kappa shape index (κ3) is 3.81. The number of benzene rings is 2. The lowest BCUT2D eigenvalue weighted by Gasteiger charge is -2.30. The Labute approximate surface area is 188 Å². The molecule has 1 aliphatic heterocycles. The van der Waals surface area contributed by atoms with Gasteiger partial charge in [-0.25, -0.2) is 0 Å². The first-order valence-corrected chi connectivity index (χ1v) is 10.1. The summed E-state index contributed by atoms with van der Waals surface area (Å²) in [4.78, 5) is 37.9. The van der Waals surface area contributed by atoms with E-state index >= 15 is 0 Å². The third-order valence-electron chi connectivity index (χ3n) is 5.09. The minimum absolute atomic E-state index is 0.0122. The maximum Gasteiger partial charge on any atom is 0.271 e. The van der Waals surface area contributed by atoms with Crippen LogP contribution in [0.2, 0.25) is 0 Å². The van der Waals surface area contributed by atoms with Gasteiger partial charge < -0.3 is 4.57 Å². The molecule has 8 nitrogen and oxygen atoms in total. The van der Waals surface area contributed by atoms with Gasteiger partial charge in [0.1, 0.15) is 5.57 Å². The van der Waals surface area contributed by atoms with Gasteiger partial charge >= 0.3 is 0 Å². The lowest BCUT2D eigenvalue weighted by Crippen LogP contribution is -2.54. The first-order valence-electron chi connectivity index (χ1n) is 9.67. The number of rotatable bonds is 4. The number of non-ortho nitro benzene ring substituents is 1. The van der Waals surface area contributed by atoms with Crippen LogP contribution in [0, 0.1) is 24.0 Å². The highest BCUT2D eigenvalue weighted by molar-refractivity contribution is 7.80. The summed E-state index contributed by atoms with van der Waals surface area (Å²) in [5.74, 6) is -1.15. The van der Waals surface area contributed by atoms with Crippen LogP contribution in [0.3, 0.4) is 0 Å². The van der Waals surface area contributed by atoms with E-state index in [2.05, 4.69) is 5.32 Å². The van der Waals surface area contributed by atoms with Crippen molar-refractivity contribution in [1.82, 2.24) is 9.88 Å². The van der Waals surface area contributed by atoms with E-state index in [1.807, 2.05) is 26.0 Å². The molecule has 160 valence electrons. The fraction of sp³-hybridized carbons (Fsp3) is 0.0870. The second kappa shape index (κ2) is 8.20. The van der Waals surface area contributed by atoms with Crippen LogP contribution in [-0.2, 0) is 9.59 Å². The number of anilines is 1. The lowest BCUT2D eigenvalue weighted by molar-refractivity contribution is -0.384. The normalized spacial score (nSPS) is 15.2. The highest BCUT2D eigenvalue weighted by atomic mass is 32.1. The van der Waals surface area contributed by atoms with Crippen LogP contribution in [-0.4, -0.2) is 26.4 Å². The Morgan fingerprint density at radius 3 is 2.56 bits per heavy atom. The topological polar surface area (TPSA) is 97.5 Å². The second-order valence-electron chi connectivity index (χ2n) is 7.33. The zero-order valence-corrected chi connectivity index (χ0v) is 18.1. The number of nitrogens with one attached hydrogen (secondary N) is 1. The van der Waals surface area contributed by atoms with Crippen molar-refractivity contribution < 1.29 is 14.5 Å². The number of nitro benzene ring substituents is 1. The monoisotopic (exact) mass is 446 g/mol. The maximum absolute atomic E-state index is 13.3. The Hall–Kier alpha value is -4.11. The molecule has 2 heterocycles. The maximum atomic E-state index is 13.3. The molecule has 0 unspecified atom stereocenters. The SMILES string of the molecule is Cc1ccc(N2C(=O)/C(=C/c3cccn3-c3cccc([N+](=O)[O-])c3)C(=O)NC2=S)c(C)c1. The van der Waals surface area contributed by atoms with Gasteiger partial charge in [-0.3, -0.25) is 29.9 Å². The summed E-state index contributed by atoms with van der Waals surface area (Å²) in [7, 11) is 0. The molecule has 2 aromatic carbocycles. The molecule has 0 bridgehead atoms. The molecule has 32 heavy (non-hydrogen) atoms. The first kappa shape index (κ1) is 21.1. The first-order chi connectivity index (χ1) is 15.3. The number of carbonyl (C=O) groups is 2. The van der Waals surface area contributed by atoms with Crippen molar-refractivity contribution in [2.24, 2.45) is 0 Å². The summed E-state index contributed by atoms with van der Waals surface area (Å²) in [6, 6.07) is 15.1. The van der Waals surface area contributed by atoms with Crippen LogP contribution in [0.5, 0.6) is 0 Å². The van der Waals surface area contributed by atoms with Crippen LogP contribution in [0.4, 0.5) is 11.4 Å². The molecule has 0 aliphatic carbocycles. The average Bonchev–Trinajstić information content (AvgIpc) is 3.21. The average molecular weight is 446 g/mol. The molecule has 1 aliphatic rings. The summed E-state index contributed by atoms with van der Waals surface area (Å²) in [5, 5.41) is 13.7. The van der Waals surface area contributed by atoms with Gasteiger partial charge in [-0.15, -0.1) is 0 Å². The largest absolute Gasteiger partial charge is 0.317 e. The predicted octanol–water partition coefficient (Wildman–Crippen LogP) is 3.83. The van der Waals surface area contributed by atoms with Gasteiger partial charge in [-0.1, -0.05) is 23.8 Å². The second-order valence-corrected chi connectivity index (χ2v) is 7.71. The predicted molar refractivity (Wildman–Crippen MR) is 125 cm³/mol. The van der Waals surface area contributed by atoms with Gasteiger partial charge in [0, 0.05) is 24.0 Å². The molecular weight excluding hydrogens is 428 g/mol. The molecule has 2 amide bonds. The van der Waals surface area contributed by atoms with E-state index in [-0.39, 0.29) is 16.4 Å². The zero-order valence-electron chi connectivity index (χ0n) is 17.2. The van der Waals surface area contributed by atoms with E-state index in [0.717, 1.165) is 11.1 Å². The van der Waals surface area contributed by atoms with E-state index in [0.29, 0.717) is 17.1 Å². The summed E-state index contributed by atoms with van der Waals surface area (Å²) >= 11 is 5.27. The van der Waals surface area contributed by atoms with E-state index in [9.17, 15) is 19.7 Å². The minimum Gasteiger partial charge on any atom is -0.317 e.